The summed E-state index contributed by atoms with van der Waals surface area (Å²) >= 11 is 6.40. The molecule has 1 amide bonds. The molecule has 0 bridgehead atoms. The van der Waals surface area contributed by atoms with Gasteiger partial charge >= 0.3 is 5.97 Å². The minimum Gasteiger partial charge on any atom is -0.497 e. The van der Waals surface area contributed by atoms with E-state index in [1.165, 1.54) is 18.1 Å². The number of methoxy groups -OCH3 is 2. The highest BCUT2D eigenvalue weighted by atomic mass is 35.5. The van der Waals surface area contributed by atoms with E-state index in [0.29, 0.717) is 44.5 Å². The predicted molar refractivity (Wildman–Crippen MR) is 141 cm³/mol. The highest BCUT2D eigenvalue weighted by Gasteiger charge is 2.39. The number of fused-ring (bicyclic) bond motifs is 1. The van der Waals surface area contributed by atoms with E-state index >= 15 is 0 Å². The molecule has 0 radical (unpaired) electrons. The molecule has 0 spiro atoms. The number of benzene rings is 3. The third-order valence-corrected chi connectivity index (χ3v) is 6.71. The Morgan fingerprint density at radius 2 is 1.87 bits per heavy atom. The zero-order chi connectivity index (χ0) is 27.4. The minimum atomic E-state index is -1.20. The quantitative estimate of drug-likeness (QED) is 0.337. The predicted octanol–water partition coefficient (Wildman–Crippen LogP) is 5.78. The molecule has 3 aromatic carbocycles. The lowest BCUT2D eigenvalue weighted by atomic mass is 9.95. The van der Waals surface area contributed by atoms with E-state index in [0.717, 1.165) is 0 Å². The Kier molecular flexibility index (Phi) is 8.54. The van der Waals surface area contributed by atoms with Gasteiger partial charge in [0, 0.05) is 22.2 Å². The Bertz CT molecular complexity index is 1350. The normalized spacial score (nSPS) is 17.0. The molecule has 7 nitrogen and oxygen atoms in total. The first kappa shape index (κ1) is 27.4. The topological polar surface area (TPSA) is 74.3 Å². The summed E-state index contributed by atoms with van der Waals surface area (Å²) in [5.74, 6) is -0.308. The fraction of sp³-hybridized carbons (Fsp3) is 0.310. The van der Waals surface area contributed by atoms with Gasteiger partial charge in [0.1, 0.15) is 29.5 Å². The van der Waals surface area contributed by atoms with Crippen molar-refractivity contribution >= 4 is 29.2 Å². The zero-order valence-corrected chi connectivity index (χ0v) is 22.4. The first-order valence-electron chi connectivity index (χ1n) is 12.1. The lowest BCUT2D eigenvalue weighted by molar-refractivity contribution is -0.151. The molecule has 0 unspecified atom stereocenters. The van der Waals surface area contributed by atoms with Crippen LogP contribution >= 0.6 is 11.6 Å². The van der Waals surface area contributed by atoms with Crippen LogP contribution in [-0.2, 0) is 25.6 Å². The van der Waals surface area contributed by atoms with Crippen molar-refractivity contribution in [3.05, 3.63) is 87.7 Å². The fourth-order valence-corrected chi connectivity index (χ4v) is 4.72. The number of hydrogen-bond acceptors (Lipinski definition) is 6. The van der Waals surface area contributed by atoms with Crippen LogP contribution in [0.4, 0.5) is 10.1 Å². The van der Waals surface area contributed by atoms with Gasteiger partial charge in [0.2, 0.25) is 0 Å². The molecule has 9 heteroatoms. The summed E-state index contributed by atoms with van der Waals surface area (Å²) in [7, 11) is 3.09. The maximum atomic E-state index is 14.6. The third-order valence-electron chi connectivity index (χ3n) is 6.48. The maximum absolute atomic E-state index is 14.6. The minimum absolute atomic E-state index is 0.109. The molecule has 38 heavy (non-hydrogen) atoms. The zero-order valence-electron chi connectivity index (χ0n) is 21.6. The summed E-state index contributed by atoms with van der Waals surface area (Å²) < 4.78 is 37.0. The smallest absolute Gasteiger partial charge is 0.308 e. The van der Waals surface area contributed by atoms with Gasteiger partial charge in [-0.3, -0.25) is 9.59 Å². The second-order valence-corrected chi connectivity index (χ2v) is 9.21. The number of amides is 1. The van der Waals surface area contributed by atoms with Crippen LogP contribution in [0.3, 0.4) is 0 Å². The van der Waals surface area contributed by atoms with Crippen molar-refractivity contribution in [2.24, 2.45) is 0 Å². The van der Waals surface area contributed by atoms with Gasteiger partial charge in [0.15, 0.2) is 0 Å². The lowest BCUT2D eigenvalue weighted by Gasteiger charge is -2.26. The van der Waals surface area contributed by atoms with Crippen LogP contribution in [0.25, 0.3) is 0 Å². The highest BCUT2D eigenvalue weighted by Crippen LogP contribution is 2.42. The molecule has 1 aliphatic heterocycles. The molecule has 0 saturated carbocycles. The van der Waals surface area contributed by atoms with Gasteiger partial charge in [0.25, 0.3) is 5.91 Å². The maximum Gasteiger partial charge on any atom is 0.308 e. The third kappa shape index (κ3) is 5.61. The number of halogens is 2. The van der Waals surface area contributed by atoms with Crippen molar-refractivity contribution in [3.8, 4) is 11.5 Å². The van der Waals surface area contributed by atoms with Crippen LogP contribution in [0, 0.1) is 12.7 Å². The molecular weight excluding hydrogens is 513 g/mol. The number of hydrogen-bond donors (Lipinski definition) is 0. The van der Waals surface area contributed by atoms with Crippen LogP contribution in [-0.4, -0.2) is 38.8 Å². The molecule has 0 fully saturated rings. The Morgan fingerprint density at radius 3 is 2.58 bits per heavy atom. The van der Waals surface area contributed by atoms with Gasteiger partial charge in [-0.05, 0) is 61.4 Å². The van der Waals surface area contributed by atoms with Gasteiger partial charge in [-0.15, -0.1) is 0 Å². The van der Waals surface area contributed by atoms with Crippen LogP contribution in [0.5, 0.6) is 11.5 Å². The van der Waals surface area contributed by atoms with Crippen molar-refractivity contribution in [1.29, 1.82) is 0 Å². The van der Waals surface area contributed by atoms with Gasteiger partial charge in [-0.25, -0.2) is 4.39 Å². The molecule has 1 heterocycles. The molecule has 4 rings (SSSR count). The molecule has 1 aliphatic rings. The molecule has 2 atom stereocenters. The van der Waals surface area contributed by atoms with Gasteiger partial charge in [0.05, 0.1) is 39.5 Å². The van der Waals surface area contributed by atoms with Crippen LogP contribution < -0.4 is 14.4 Å². The Morgan fingerprint density at radius 1 is 1.08 bits per heavy atom. The molecule has 0 N–H and O–H groups in total. The first-order valence-corrected chi connectivity index (χ1v) is 12.5. The number of nitrogens with zero attached hydrogens (tertiary/aromatic N) is 1. The number of anilines is 1. The monoisotopic (exact) mass is 541 g/mol. The van der Waals surface area contributed by atoms with Crippen LogP contribution in [0.1, 0.15) is 41.7 Å². The van der Waals surface area contributed by atoms with Crippen molar-refractivity contribution in [2.75, 3.05) is 25.7 Å². The average molecular weight is 542 g/mol. The summed E-state index contributed by atoms with van der Waals surface area (Å²) in [5.41, 5.74) is 2.70. The Hall–Kier alpha value is -3.62. The van der Waals surface area contributed by atoms with Gasteiger partial charge < -0.3 is 23.8 Å². The SMILES string of the molecule is CCOC(=O)C[C@H]1O[C@H](c2cccc(F)c2C)c2cc(Cl)ccc2N(Cc2ccc(OC)cc2OC)C1=O. The number of carbonyl (C=O) groups excluding carboxylic acids is 2. The van der Waals surface area contributed by atoms with E-state index in [4.69, 9.17) is 30.5 Å². The molecule has 0 saturated heterocycles. The summed E-state index contributed by atoms with van der Waals surface area (Å²) in [5, 5.41) is 0.421. The molecule has 200 valence electrons. The fourth-order valence-electron chi connectivity index (χ4n) is 4.54. The summed E-state index contributed by atoms with van der Waals surface area (Å²) in [6.07, 6.45) is -2.38. The summed E-state index contributed by atoms with van der Waals surface area (Å²) in [4.78, 5) is 28.1. The van der Waals surface area contributed by atoms with E-state index in [-0.39, 0.29) is 19.6 Å². The molecule has 3 aromatic rings. The number of rotatable bonds is 8. The van der Waals surface area contributed by atoms with E-state index in [1.54, 1.807) is 69.5 Å². The highest BCUT2D eigenvalue weighted by molar-refractivity contribution is 6.30. The number of esters is 1. The van der Waals surface area contributed by atoms with Crippen molar-refractivity contribution in [1.82, 2.24) is 0 Å². The van der Waals surface area contributed by atoms with Gasteiger partial charge in [-0.2, -0.15) is 0 Å². The summed E-state index contributed by atoms with van der Waals surface area (Å²) in [6, 6.07) is 15.1. The average Bonchev–Trinajstić information content (AvgIpc) is 3.01. The molecule has 0 aromatic heterocycles. The lowest BCUT2D eigenvalue weighted by Crippen LogP contribution is -2.40. The van der Waals surface area contributed by atoms with E-state index < -0.39 is 29.9 Å². The molecule has 0 aliphatic carbocycles. The van der Waals surface area contributed by atoms with Crippen molar-refractivity contribution in [3.63, 3.8) is 0 Å². The molecular formula is C29H29ClFNO6. The first-order chi connectivity index (χ1) is 18.3. The second kappa shape index (κ2) is 11.8. The van der Waals surface area contributed by atoms with Crippen LogP contribution in [0.2, 0.25) is 5.02 Å². The number of carbonyl (C=O) groups is 2. The summed E-state index contributed by atoms with van der Waals surface area (Å²) in [6.45, 7) is 3.60. The van der Waals surface area contributed by atoms with Crippen molar-refractivity contribution < 1.29 is 32.9 Å². The van der Waals surface area contributed by atoms with E-state index in [2.05, 4.69) is 0 Å². The van der Waals surface area contributed by atoms with E-state index in [9.17, 15) is 14.0 Å². The van der Waals surface area contributed by atoms with Gasteiger partial charge in [-0.1, -0.05) is 23.7 Å². The van der Waals surface area contributed by atoms with Crippen LogP contribution in [0.15, 0.2) is 54.6 Å². The largest absolute Gasteiger partial charge is 0.497 e. The Balaban J connectivity index is 1.88. The number of ether oxygens (including phenoxy) is 4. The van der Waals surface area contributed by atoms with Crippen molar-refractivity contribution in [2.45, 2.75) is 39.0 Å². The Labute approximate surface area is 226 Å². The standard InChI is InChI=1S/C29H29ClFNO6/c1-5-37-27(33)15-26-29(34)32(16-18-9-11-20(35-3)14-25(18)36-4)24-12-10-19(30)13-22(24)28(38-26)21-7-6-8-23(31)17(21)2/h6-14,26,28H,5,15-16H2,1-4H3/t26-,28-/m1/s1. The second-order valence-electron chi connectivity index (χ2n) is 8.77. The van der Waals surface area contributed by atoms with E-state index in [1.807, 2.05) is 0 Å².